The summed E-state index contributed by atoms with van der Waals surface area (Å²) in [7, 11) is 0. The lowest BCUT2D eigenvalue weighted by Crippen LogP contribution is -2.13. The van der Waals surface area contributed by atoms with Crippen molar-refractivity contribution in [3.05, 3.63) is 52.0 Å². The van der Waals surface area contributed by atoms with Crippen molar-refractivity contribution in [1.29, 1.82) is 0 Å². The van der Waals surface area contributed by atoms with Crippen LogP contribution in [0.25, 0.3) is 0 Å². The van der Waals surface area contributed by atoms with Crippen LogP contribution in [0.3, 0.4) is 0 Å². The Morgan fingerprint density at radius 3 is 2.80 bits per heavy atom. The molecule has 1 saturated carbocycles. The van der Waals surface area contributed by atoms with Crippen LogP contribution >= 0.6 is 11.3 Å². The first-order valence-electron chi connectivity index (χ1n) is 7.47. The molecule has 2 N–H and O–H groups in total. The quantitative estimate of drug-likeness (QED) is 0.910. The first-order valence-corrected chi connectivity index (χ1v) is 8.35. The van der Waals surface area contributed by atoms with Crippen molar-refractivity contribution in [2.24, 2.45) is 11.7 Å². The third kappa shape index (κ3) is 3.10. The molecule has 2 nitrogen and oxygen atoms in total. The standard InChI is InChI=1S/C17H22N2S/c1-12-7-8-14(9-12)17-19-15(11-20-17)10-16(18)13-5-3-2-4-6-13/h2-6,11-12,14,16H,7-10,18H2,1H3. The summed E-state index contributed by atoms with van der Waals surface area (Å²) < 4.78 is 0. The molecule has 106 valence electrons. The molecule has 1 aromatic carbocycles. The van der Waals surface area contributed by atoms with Gasteiger partial charge in [0.05, 0.1) is 10.7 Å². The monoisotopic (exact) mass is 286 g/mol. The Bertz CT molecular complexity index is 549. The van der Waals surface area contributed by atoms with Crippen LogP contribution in [0.4, 0.5) is 0 Å². The lowest BCUT2D eigenvalue weighted by molar-refractivity contribution is 0.594. The summed E-state index contributed by atoms with van der Waals surface area (Å²) in [5, 5.41) is 3.52. The van der Waals surface area contributed by atoms with Crippen LogP contribution in [-0.4, -0.2) is 4.98 Å². The largest absolute Gasteiger partial charge is 0.324 e. The molecule has 2 aromatic rings. The Kier molecular flexibility index (Phi) is 4.18. The summed E-state index contributed by atoms with van der Waals surface area (Å²) >= 11 is 1.82. The van der Waals surface area contributed by atoms with Crippen molar-refractivity contribution in [1.82, 2.24) is 4.98 Å². The molecule has 0 spiro atoms. The van der Waals surface area contributed by atoms with Gasteiger partial charge in [-0.15, -0.1) is 11.3 Å². The minimum absolute atomic E-state index is 0.0497. The zero-order valence-corrected chi connectivity index (χ0v) is 12.8. The van der Waals surface area contributed by atoms with Gasteiger partial charge in [-0.3, -0.25) is 0 Å². The molecule has 0 bridgehead atoms. The van der Waals surface area contributed by atoms with Crippen molar-refractivity contribution in [2.45, 2.75) is 44.6 Å². The second-order valence-corrected chi connectivity index (χ2v) is 6.90. The lowest BCUT2D eigenvalue weighted by Gasteiger charge is -2.10. The van der Waals surface area contributed by atoms with E-state index in [4.69, 9.17) is 10.7 Å². The zero-order chi connectivity index (χ0) is 13.9. The van der Waals surface area contributed by atoms with E-state index in [1.165, 1.54) is 29.8 Å². The Labute approximate surface area is 125 Å². The number of benzene rings is 1. The SMILES string of the molecule is CC1CCC(c2nc(CC(N)c3ccccc3)cs2)C1. The molecule has 1 aromatic heterocycles. The second-order valence-electron chi connectivity index (χ2n) is 6.01. The predicted molar refractivity (Wildman–Crippen MR) is 84.9 cm³/mol. The number of rotatable bonds is 4. The van der Waals surface area contributed by atoms with Crippen molar-refractivity contribution in [3.63, 3.8) is 0 Å². The molecule has 0 amide bonds. The number of nitrogens with two attached hydrogens (primary N) is 1. The van der Waals surface area contributed by atoms with Crippen LogP contribution < -0.4 is 5.73 Å². The van der Waals surface area contributed by atoms with E-state index in [-0.39, 0.29) is 6.04 Å². The number of aromatic nitrogens is 1. The Balaban J connectivity index is 1.65. The highest BCUT2D eigenvalue weighted by atomic mass is 32.1. The topological polar surface area (TPSA) is 38.9 Å². The third-order valence-electron chi connectivity index (χ3n) is 4.27. The van der Waals surface area contributed by atoms with Crippen molar-refractivity contribution >= 4 is 11.3 Å². The van der Waals surface area contributed by atoms with Gasteiger partial charge in [-0.1, -0.05) is 43.7 Å². The number of hydrogen-bond donors (Lipinski definition) is 1. The van der Waals surface area contributed by atoms with E-state index in [0.29, 0.717) is 5.92 Å². The Morgan fingerprint density at radius 1 is 1.30 bits per heavy atom. The number of thiazole rings is 1. The lowest BCUT2D eigenvalue weighted by atomic mass is 10.0. The van der Waals surface area contributed by atoms with Gasteiger partial charge in [-0.2, -0.15) is 0 Å². The van der Waals surface area contributed by atoms with Gasteiger partial charge in [-0.05, 0) is 24.3 Å². The predicted octanol–water partition coefficient (Wildman–Crippen LogP) is 4.29. The van der Waals surface area contributed by atoms with Gasteiger partial charge < -0.3 is 5.73 Å². The van der Waals surface area contributed by atoms with Crippen molar-refractivity contribution in [2.75, 3.05) is 0 Å². The summed E-state index contributed by atoms with van der Waals surface area (Å²) in [5.41, 5.74) is 8.62. The molecule has 1 aliphatic carbocycles. The maximum atomic E-state index is 6.28. The number of hydrogen-bond acceptors (Lipinski definition) is 3. The van der Waals surface area contributed by atoms with Crippen LogP contribution in [0.15, 0.2) is 35.7 Å². The van der Waals surface area contributed by atoms with E-state index in [0.717, 1.165) is 18.0 Å². The smallest absolute Gasteiger partial charge is 0.0959 e. The van der Waals surface area contributed by atoms with E-state index >= 15 is 0 Å². The maximum absolute atomic E-state index is 6.28. The average Bonchev–Trinajstić information content (AvgIpc) is 3.09. The molecule has 1 aliphatic rings. The average molecular weight is 286 g/mol. The Hall–Kier alpha value is -1.19. The van der Waals surface area contributed by atoms with Gasteiger partial charge in [0.1, 0.15) is 0 Å². The fourth-order valence-corrected chi connectivity index (χ4v) is 4.06. The molecule has 1 fully saturated rings. The summed E-state index contributed by atoms with van der Waals surface area (Å²) in [6.07, 6.45) is 4.79. The van der Waals surface area contributed by atoms with Crippen LogP contribution in [0.1, 0.15) is 54.4 Å². The molecular weight excluding hydrogens is 264 g/mol. The van der Waals surface area contributed by atoms with Gasteiger partial charge >= 0.3 is 0 Å². The zero-order valence-electron chi connectivity index (χ0n) is 12.0. The van der Waals surface area contributed by atoms with Crippen LogP contribution in [-0.2, 0) is 6.42 Å². The molecule has 0 aliphatic heterocycles. The van der Waals surface area contributed by atoms with E-state index in [1.54, 1.807) is 0 Å². The second kappa shape index (κ2) is 6.06. The molecule has 0 radical (unpaired) electrons. The van der Waals surface area contributed by atoms with E-state index in [9.17, 15) is 0 Å². The van der Waals surface area contributed by atoms with Crippen molar-refractivity contribution in [3.8, 4) is 0 Å². The fourth-order valence-electron chi connectivity index (χ4n) is 3.08. The van der Waals surface area contributed by atoms with Gasteiger partial charge in [0, 0.05) is 23.8 Å². The van der Waals surface area contributed by atoms with E-state index in [1.807, 2.05) is 29.5 Å². The molecule has 1 heterocycles. The van der Waals surface area contributed by atoms with Gasteiger partial charge in [0.2, 0.25) is 0 Å². The summed E-state index contributed by atoms with van der Waals surface area (Å²) in [6.45, 7) is 2.35. The maximum Gasteiger partial charge on any atom is 0.0959 e. The van der Waals surface area contributed by atoms with Gasteiger partial charge in [0.15, 0.2) is 0 Å². The highest BCUT2D eigenvalue weighted by Crippen LogP contribution is 2.39. The third-order valence-corrected chi connectivity index (χ3v) is 5.33. The Morgan fingerprint density at radius 2 is 2.10 bits per heavy atom. The van der Waals surface area contributed by atoms with E-state index < -0.39 is 0 Å². The van der Waals surface area contributed by atoms with Gasteiger partial charge in [0.25, 0.3) is 0 Å². The molecule has 3 heteroatoms. The minimum atomic E-state index is 0.0497. The molecule has 20 heavy (non-hydrogen) atoms. The molecular formula is C17H22N2S. The summed E-state index contributed by atoms with van der Waals surface area (Å²) in [4.78, 5) is 4.83. The fraction of sp³-hybridized carbons (Fsp3) is 0.471. The van der Waals surface area contributed by atoms with Crippen molar-refractivity contribution < 1.29 is 0 Å². The number of nitrogens with zero attached hydrogens (tertiary/aromatic N) is 1. The summed E-state index contributed by atoms with van der Waals surface area (Å²) in [5.74, 6) is 1.55. The molecule has 3 unspecified atom stereocenters. The highest BCUT2D eigenvalue weighted by molar-refractivity contribution is 7.09. The molecule has 3 rings (SSSR count). The summed E-state index contributed by atoms with van der Waals surface area (Å²) in [6, 6.07) is 10.4. The van der Waals surface area contributed by atoms with Crippen LogP contribution in [0, 0.1) is 5.92 Å². The first-order chi connectivity index (χ1) is 9.72. The molecule has 3 atom stereocenters. The van der Waals surface area contributed by atoms with E-state index in [2.05, 4.69) is 24.4 Å². The molecule has 0 saturated heterocycles. The van der Waals surface area contributed by atoms with Gasteiger partial charge in [-0.25, -0.2) is 4.98 Å². The minimum Gasteiger partial charge on any atom is -0.324 e. The first kappa shape index (κ1) is 13.8. The van der Waals surface area contributed by atoms with Crippen LogP contribution in [0.2, 0.25) is 0 Å². The normalized spacial score (nSPS) is 23.9. The van der Waals surface area contributed by atoms with Crippen LogP contribution in [0.5, 0.6) is 0 Å². The highest BCUT2D eigenvalue weighted by Gasteiger charge is 2.25.